The molecule has 186 valence electrons. The predicted molar refractivity (Wildman–Crippen MR) is 134 cm³/mol. The van der Waals surface area contributed by atoms with Crippen molar-refractivity contribution in [3.8, 4) is 0 Å². The van der Waals surface area contributed by atoms with Gasteiger partial charge in [0.05, 0.1) is 31.3 Å². The van der Waals surface area contributed by atoms with Crippen molar-refractivity contribution in [3.05, 3.63) is 23.3 Å². The van der Waals surface area contributed by atoms with Crippen LogP contribution in [0.4, 0.5) is 5.82 Å². The van der Waals surface area contributed by atoms with Crippen LogP contribution in [0.2, 0.25) is 0 Å². The van der Waals surface area contributed by atoms with Gasteiger partial charge in [0.25, 0.3) is 0 Å². The summed E-state index contributed by atoms with van der Waals surface area (Å²) >= 11 is 0. The maximum absolute atomic E-state index is 11.1. The molecule has 0 unspecified atom stereocenters. The fourth-order valence-corrected chi connectivity index (χ4v) is 6.01. The number of aromatic nitrogens is 2. The molecule has 3 saturated heterocycles. The van der Waals surface area contributed by atoms with Gasteiger partial charge in [-0.05, 0) is 81.6 Å². The molecule has 0 aliphatic carbocycles. The van der Waals surface area contributed by atoms with E-state index in [9.17, 15) is 4.79 Å². The summed E-state index contributed by atoms with van der Waals surface area (Å²) in [5.74, 6) is 1.19. The number of benzene rings is 1. The Balaban J connectivity index is 1.42. The van der Waals surface area contributed by atoms with Crippen molar-refractivity contribution in [2.75, 3.05) is 63.9 Å². The Labute approximate surface area is 202 Å². The first-order chi connectivity index (χ1) is 16.6. The summed E-state index contributed by atoms with van der Waals surface area (Å²) < 4.78 is 7.88. The Morgan fingerprint density at radius 3 is 2.56 bits per heavy atom. The minimum absolute atomic E-state index is 0.130. The highest BCUT2D eigenvalue weighted by Gasteiger charge is 2.28. The van der Waals surface area contributed by atoms with Gasteiger partial charge in [-0.1, -0.05) is 6.07 Å². The van der Waals surface area contributed by atoms with E-state index in [-0.39, 0.29) is 6.54 Å². The third kappa shape index (κ3) is 5.09. The van der Waals surface area contributed by atoms with E-state index in [4.69, 9.17) is 14.9 Å². The molecule has 8 heteroatoms. The van der Waals surface area contributed by atoms with Crippen LogP contribution in [-0.2, 0) is 16.0 Å². The largest absolute Gasteiger partial charge is 0.480 e. The number of hydrogen-bond donors (Lipinski definition) is 2. The molecule has 0 atom stereocenters. The van der Waals surface area contributed by atoms with Gasteiger partial charge in [0, 0.05) is 31.6 Å². The Morgan fingerprint density at radius 1 is 1.12 bits per heavy atom. The zero-order valence-electron chi connectivity index (χ0n) is 20.5. The van der Waals surface area contributed by atoms with E-state index in [2.05, 4.69) is 34.0 Å². The number of carboxylic acids is 1. The van der Waals surface area contributed by atoms with Gasteiger partial charge in [-0.15, -0.1) is 0 Å². The number of aliphatic carboxylic acids is 1. The monoisotopic (exact) mass is 469 g/mol. The normalized spacial score (nSPS) is 21.4. The van der Waals surface area contributed by atoms with Gasteiger partial charge in [0.15, 0.2) is 5.82 Å². The molecule has 3 aliphatic rings. The van der Waals surface area contributed by atoms with Crippen LogP contribution in [0, 0.1) is 12.8 Å². The number of carbonyl (C=O) groups is 1. The molecule has 0 bridgehead atoms. The molecule has 34 heavy (non-hydrogen) atoms. The summed E-state index contributed by atoms with van der Waals surface area (Å²) in [4.78, 5) is 15.6. The lowest BCUT2D eigenvalue weighted by Gasteiger charge is -2.31. The fourth-order valence-electron chi connectivity index (χ4n) is 6.01. The van der Waals surface area contributed by atoms with Crippen LogP contribution in [0.15, 0.2) is 12.1 Å². The Bertz CT molecular complexity index is 986. The number of hydrogen-bond acceptors (Lipinski definition) is 6. The molecule has 4 heterocycles. The lowest BCUT2D eigenvalue weighted by atomic mass is 9.89. The van der Waals surface area contributed by atoms with Crippen molar-refractivity contribution < 1.29 is 14.6 Å². The average Bonchev–Trinajstić information content (AvgIpc) is 3.25. The van der Waals surface area contributed by atoms with Crippen LogP contribution in [0.3, 0.4) is 0 Å². The van der Waals surface area contributed by atoms with Crippen molar-refractivity contribution in [2.24, 2.45) is 5.92 Å². The molecule has 2 N–H and O–H groups in total. The van der Waals surface area contributed by atoms with Crippen LogP contribution in [0.25, 0.3) is 10.9 Å². The fraction of sp³-hybridized carbons (Fsp3) is 0.692. The summed E-state index contributed by atoms with van der Waals surface area (Å²) in [6.07, 6.45) is 6.84. The van der Waals surface area contributed by atoms with E-state index in [1.54, 1.807) is 0 Å². The highest BCUT2D eigenvalue weighted by atomic mass is 16.5. The first-order valence-corrected chi connectivity index (χ1v) is 13.1. The number of aryl methyl sites for hydroxylation is 2. The van der Waals surface area contributed by atoms with Gasteiger partial charge in [-0.3, -0.25) is 14.4 Å². The minimum Gasteiger partial charge on any atom is -0.480 e. The SMILES string of the molecule is Cc1c(CCC2CCNCC2)ccc2c1c(N1CCOCC1)nn2C1CCN(CC(=O)O)CC1. The molecule has 8 nitrogen and oxygen atoms in total. The molecule has 2 aromatic rings. The number of anilines is 1. The van der Waals surface area contributed by atoms with Gasteiger partial charge >= 0.3 is 5.97 Å². The second-order valence-electron chi connectivity index (χ2n) is 10.2. The Morgan fingerprint density at radius 2 is 1.85 bits per heavy atom. The van der Waals surface area contributed by atoms with Crippen molar-refractivity contribution in [3.63, 3.8) is 0 Å². The molecule has 0 spiro atoms. The van der Waals surface area contributed by atoms with Gasteiger partial charge in [0.1, 0.15) is 0 Å². The number of carboxylic acid groups (broad SMARTS) is 1. The molecule has 3 fully saturated rings. The van der Waals surface area contributed by atoms with Gasteiger partial charge in [0.2, 0.25) is 0 Å². The van der Waals surface area contributed by atoms with E-state index in [0.717, 1.165) is 83.5 Å². The third-order valence-electron chi connectivity index (χ3n) is 8.08. The molecule has 1 aromatic heterocycles. The number of nitrogens with zero attached hydrogens (tertiary/aromatic N) is 4. The number of piperidine rings is 2. The molecule has 5 rings (SSSR count). The van der Waals surface area contributed by atoms with E-state index >= 15 is 0 Å². The summed E-state index contributed by atoms with van der Waals surface area (Å²) in [5.41, 5.74) is 4.06. The standard InChI is InChI=1S/C26H39N5O3/c1-19-21(3-2-20-6-10-27-11-7-20)4-5-23-25(19)26(30-14-16-34-17-15-30)28-31(23)22-8-12-29(13-9-22)18-24(32)33/h4-5,20,22,27H,2-3,6-18H2,1H3,(H,32,33). The number of likely N-dealkylation sites (tertiary alicyclic amines) is 1. The van der Waals surface area contributed by atoms with Crippen LogP contribution < -0.4 is 10.2 Å². The molecule has 0 saturated carbocycles. The van der Waals surface area contributed by atoms with Crippen molar-refractivity contribution >= 4 is 22.7 Å². The molecular formula is C26H39N5O3. The molecule has 1 aromatic carbocycles. The van der Waals surface area contributed by atoms with Gasteiger partial charge < -0.3 is 20.1 Å². The molecule has 0 radical (unpaired) electrons. The summed E-state index contributed by atoms with van der Waals surface area (Å²) in [6.45, 7) is 9.58. The Kier molecular flexibility index (Phi) is 7.37. The van der Waals surface area contributed by atoms with Crippen LogP contribution in [-0.4, -0.2) is 84.8 Å². The lowest BCUT2D eigenvalue weighted by molar-refractivity contribution is -0.138. The summed E-state index contributed by atoms with van der Waals surface area (Å²) in [7, 11) is 0. The number of fused-ring (bicyclic) bond motifs is 1. The zero-order valence-corrected chi connectivity index (χ0v) is 20.5. The quantitative estimate of drug-likeness (QED) is 0.645. The minimum atomic E-state index is -0.745. The number of nitrogens with one attached hydrogen (secondary N) is 1. The predicted octanol–water partition coefficient (Wildman–Crippen LogP) is 2.84. The van der Waals surface area contributed by atoms with Crippen LogP contribution in [0.1, 0.15) is 49.3 Å². The highest BCUT2D eigenvalue weighted by molar-refractivity contribution is 5.94. The van der Waals surface area contributed by atoms with E-state index in [1.165, 1.54) is 41.3 Å². The van der Waals surface area contributed by atoms with Crippen LogP contribution in [0.5, 0.6) is 0 Å². The van der Waals surface area contributed by atoms with Gasteiger partial charge in [-0.25, -0.2) is 0 Å². The van der Waals surface area contributed by atoms with E-state index < -0.39 is 5.97 Å². The second-order valence-corrected chi connectivity index (χ2v) is 10.2. The van der Waals surface area contributed by atoms with Gasteiger partial charge in [-0.2, -0.15) is 5.10 Å². The zero-order chi connectivity index (χ0) is 23.5. The number of rotatable bonds is 7. The second kappa shape index (κ2) is 10.6. The smallest absolute Gasteiger partial charge is 0.317 e. The highest BCUT2D eigenvalue weighted by Crippen LogP contribution is 2.36. The van der Waals surface area contributed by atoms with E-state index in [1.807, 2.05) is 4.90 Å². The summed E-state index contributed by atoms with van der Waals surface area (Å²) in [6, 6.07) is 4.93. The number of morpholine rings is 1. The van der Waals surface area contributed by atoms with Crippen molar-refractivity contribution in [2.45, 2.75) is 51.5 Å². The average molecular weight is 470 g/mol. The maximum Gasteiger partial charge on any atom is 0.317 e. The third-order valence-corrected chi connectivity index (χ3v) is 8.08. The Hall–Kier alpha value is -2.16. The van der Waals surface area contributed by atoms with Crippen LogP contribution >= 0.6 is 0 Å². The first kappa shape index (κ1) is 23.6. The lowest BCUT2D eigenvalue weighted by Crippen LogP contribution is -2.38. The summed E-state index contributed by atoms with van der Waals surface area (Å²) in [5, 5.41) is 19.1. The first-order valence-electron chi connectivity index (χ1n) is 13.1. The maximum atomic E-state index is 11.1. The molecule has 3 aliphatic heterocycles. The van der Waals surface area contributed by atoms with Crippen molar-refractivity contribution in [1.82, 2.24) is 20.0 Å². The molecular weight excluding hydrogens is 430 g/mol. The topological polar surface area (TPSA) is 82.9 Å². The van der Waals surface area contributed by atoms with Crippen molar-refractivity contribution in [1.29, 1.82) is 0 Å². The van der Waals surface area contributed by atoms with E-state index in [0.29, 0.717) is 6.04 Å². The molecule has 0 amide bonds. The number of ether oxygens (including phenoxy) is 1.